The first kappa shape index (κ1) is 14.5. The normalized spacial score (nSPS) is 10.1. The zero-order valence-corrected chi connectivity index (χ0v) is 9.52. The van der Waals surface area contributed by atoms with Crippen LogP contribution in [0.25, 0.3) is 0 Å². The lowest BCUT2D eigenvalue weighted by Gasteiger charge is -2.09. The number of nitriles is 1. The summed E-state index contributed by atoms with van der Waals surface area (Å²) in [5.74, 6) is 0. The largest absolute Gasteiger partial charge is 0.416 e. The van der Waals surface area contributed by atoms with E-state index < -0.39 is 11.7 Å². The molecule has 0 spiro atoms. The van der Waals surface area contributed by atoms with Gasteiger partial charge >= 0.3 is 6.18 Å². The van der Waals surface area contributed by atoms with Gasteiger partial charge in [-0.15, -0.1) is 0 Å². The van der Waals surface area contributed by atoms with Crippen LogP contribution in [-0.2, 0) is 12.6 Å². The predicted molar refractivity (Wildman–Crippen MR) is 56.8 cm³/mol. The van der Waals surface area contributed by atoms with Crippen LogP contribution in [-0.4, -0.2) is 0 Å². The molecule has 4 heteroatoms. The van der Waals surface area contributed by atoms with Crippen molar-refractivity contribution in [3.63, 3.8) is 0 Å². The van der Waals surface area contributed by atoms with Crippen molar-refractivity contribution < 1.29 is 13.2 Å². The van der Waals surface area contributed by atoms with Crippen LogP contribution in [0.2, 0.25) is 0 Å². The molecule has 0 fully saturated rings. The van der Waals surface area contributed by atoms with E-state index in [0.29, 0.717) is 11.1 Å². The Bertz CT molecular complexity index is 375. The fraction of sp³-hybridized carbons (Fsp3) is 0.417. The Hall–Kier alpha value is -1.50. The van der Waals surface area contributed by atoms with Gasteiger partial charge in [-0.1, -0.05) is 19.9 Å². The molecule has 16 heavy (non-hydrogen) atoms. The molecule has 0 unspecified atom stereocenters. The van der Waals surface area contributed by atoms with E-state index in [9.17, 15) is 13.2 Å². The summed E-state index contributed by atoms with van der Waals surface area (Å²) in [6.45, 7) is 5.69. The van der Waals surface area contributed by atoms with Crippen LogP contribution in [0, 0.1) is 18.3 Å². The van der Waals surface area contributed by atoms with Gasteiger partial charge in [-0.2, -0.15) is 18.4 Å². The van der Waals surface area contributed by atoms with Gasteiger partial charge in [0.15, 0.2) is 0 Å². The maximum Gasteiger partial charge on any atom is 0.416 e. The molecule has 88 valence electrons. The lowest BCUT2D eigenvalue weighted by Crippen LogP contribution is -2.06. The maximum atomic E-state index is 12.3. The summed E-state index contributed by atoms with van der Waals surface area (Å²) in [4.78, 5) is 0. The summed E-state index contributed by atoms with van der Waals surface area (Å²) in [5, 5.41) is 8.41. The number of benzene rings is 1. The van der Waals surface area contributed by atoms with Crippen molar-refractivity contribution in [2.75, 3.05) is 0 Å². The Morgan fingerprint density at radius 2 is 1.81 bits per heavy atom. The molecule has 0 atom stereocenters. The van der Waals surface area contributed by atoms with Crippen molar-refractivity contribution in [1.82, 2.24) is 0 Å². The number of hydrogen-bond donors (Lipinski definition) is 0. The minimum absolute atomic E-state index is 0.00968. The number of nitrogens with zero attached hydrogens (tertiary/aromatic N) is 1. The first-order chi connectivity index (χ1) is 7.45. The summed E-state index contributed by atoms with van der Waals surface area (Å²) in [6.07, 6.45) is -4.33. The van der Waals surface area contributed by atoms with Crippen molar-refractivity contribution in [2.24, 2.45) is 0 Å². The molecule has 0 heterocycles. The van der Waals surface area contributed by atoms with Gasteiger partial charge in [0.1, 0.15) is 0 Å². The molecule has 0 saturated carbocycles. The minimum atomic E-state index is -4.34. The zero-order valence-electron chi connectivity index (χ0n) is 9.52. The smallest absolute Gasteiger partial charge is 0.198 e. The molecule has 0 aliphatic rings. The molecule has 0 aliphatic carbocycles. The first-order valence-electron chi connectivity index (χ1n) is 4.99. The second-order valence-corrected chi connectivity index (χ2v) is 2.97. The first-order valence-corrected chi connectivity index (χ1v) is 4.99. The van der Waals surface area contributed by atoms with Crippen LogP contribution in [0.15, 0.2) is 18.2 Å². The Morgan fingerprint density at radius 1 is 1.25 bits per heavy atom. The number of halogens is 3. The third-order valence-corrected chi connectivity index (χ3v) is 1.95. The fourth-order valence-corrected chi connectivity index (χ4v) is 1.12. The molecule has 0 aromatic heterocycles. The zero-order chi connectivity index (χ0) is 12.8. The molecule has 0 bridgehead atoms. The summed E-state index contributed by atoms with van der Waals surface area (Å²) in [6, 6.07) is 5.27. The van der Waals surface area contributed by atoms with E-state index in [-0.39, 0.29) is 6.42 Å². The van der Waals surface area contributed by atoms with Crippen LogP contribution in [0.3, 0.4) is 0 Å². The molecule has 0 N–H and O–H groups in total. The van der Waals surface area contributed by atoms with Crippen LogP contribution in [0.1, 0.15) is 30.5 Å². The van der Waals surface area contributed by atoms with Crippen molar-refractivity contribution in [3.8, 4) is 6.07 Å². The summed E-state index contributed by atoms with van der Waals surface area (Å²) in [7, 11) is 0. The van der Waals surface area contributed by atoms with Crippen LogP contribution in [0.5, 0.6) is 0 Å². The van der Waals surface area contributed by atoms with Crippen molar-refractivity contribution in [3.05, 3.63) is 34.9 Å². The standard InChI is InChI=1S/C10H8F3N.C2H6/c1-7-2-3-9(10(11,12)13)6-8(7)4-5-14;1-2/h2-3,6H,4H2,1H3;1-2H3. The third-order valence-electron chi connectivity index (χ3n) is 1.95. The second-order valence-electron chi connectivity index (χ2n) is 2.97. The van der Waals surface area contributed by atoms with Crippen LogP contribution < -0.4 is 0 Å². The molecule has 0 radical (unpaired) electrons. The van der Waals surface area contributed by atoms with Crippen LogP contribution >= 0.6 is 0 Å². The highest BCUT2D eigenvalue weighted by atomic mass is 19.4. The predicted octanol–water partition coefficient (Wildman–Crippen LogP) is 4.11. The molecule has 1 aromatic carbocycles. The maximum absolute atomic E-state index is 12.3. The molecule has 0 saturated heterocycles. The number of alkyl halides is 3. The summed E-state index contributed by atoms with van der Waals surface area (Å²) >= 11 is 0. The average molecular weight is 229 g/mol. The van der Waals surface area contributed by atoms with E-state index >= 15 is 0 Å². The molecule has 1 rings (SSSR count). The van der Waals surface area contributed by atoms with Gasteiger partial charge in [0, 0.05) is 0 Å². The van der Waals surface area contributed by atoms with E-state index in [2.05, 4.69) is 0 Å². The monoisotopic (exact) mass is 229 g/mol. The van der Waals surface area contributed by atoms with Crippen LogP contribution in [0.4, 0.5) is 13.2 Å². The van der Waals surface area contributed by atoms with Gasteiger partial charge in [0.25, 0.3) is 0 Å². The SMILES string of the molecule is CC.Cc1ccc(C(F)(F)F)cc1CC#N. The van der Waals surface area contributed by atoms with E-state index in [0.717, 1.165) is 12.1 Å². The Balaban J connectivity index is 0.00000106. The molecular weight excluding hydrogens is 215 g/mol. The molecule has 1 nitrogen and oxygen atoms in total. The van der Waals surface area contributed by atoms with Gasteiger partial charge in [-0.3, -0.25) is 0 Å². The minimum Gasteiger partial charge on any atom is -0.198 e. The van der Waals surface area contributed by atoms with Crippen molar-refractivity contribution in [1.29, 1.82) is 5.26 Å². The molecular formula is C12H14F3N. The summed E-state index contributed by atoms with van der Waals surface area (Å²) in [5.41, 5.74) is 0.440. The van der Waals surface area contributed by atoms with Gasteiger partial charge in [0.05, 0.1) is 18.1 Å². The van der Waals surface area contributed by atoms with E-state index in [1.54, 1.807) is 6.92 Å². The Morgan fingerprint density at radius 3 is 2.25 bits per heavy atom. The summed E-state index contributed by atoms with van der Waals surface area (Å²) < 4.78 is 36.8. The lowest BCUT2D eigenvalue weighted by atomic mass is 10.0. The van der Waals surface area contributed by atoms with E-state index in [1.165, 1.54) is 6.07 Å². The molecule has 0 amide bonds. The molecule has 0 aliphatic heterocycles. The lowest BCUT2D eigenvalue weighted by molar-refractivity contribution is -0.137. The van der Waals surface area contributed by atoms with Gasteiger partial charge in [-0.05, 0) is 30.2 Å². The third kappa shape index (κ3) is 3.93. The average Bonchev–Trinajstić information content (AvgIpc) is 2.23. The highest BCUT2D eigenvalue weighted by Crippen LogP contribution is 2.30. The van der Waals surface area contributed by atoms with Gasteiger partial charge in [-0.25, -0.2) is 0 Å². The number of rotatable bonds is 1. The number of hydrogen-bond acceptors (Lipinski definition) is 1. The number of aryl methyl sites for hydroxylation is 1. The topological polar surface area (TPSA) is 23.8 Å². The van der Waals surface area contributed by atoms with Crippen molar-refractivity contribution >= 4 is 0 Å². The highest BCUT2D eigenvalue weighted by Gasteiger charge is 2.30. The van der Waals surface area contributed by atoms with Gasteiger partial charge < -0.3 is 0 Å². The Labute approximate surface area is 93.5 Å². The Kier molecular flexibility index (Phi) is 5.59. The highest BCUT2D eigenvalue weighted by molar-refractivity contribution is 5.34. The van der Waals surface area contributed by atoms with E-state index in [1.807, 2.05) is 19.9 Å². The fourth-order valence-electron chi connectivity index (χ4n) is 1.12. The van der Waals surface area contributed by atoms with Gasteiger partial charge in [0.2, 0.25) is 0 Å². The van der Waals surface area contributed by atoms with Crippen molar-refractivity contribution in [2.45, 2.75) is 33.4 Å². The quantitative estimate of drug-likeness (QED) is 0.711. The van der Waals surface area contributed by atoms with E-state index in [4.69, 9.17) is 5.26 Å². The second kappa shape index (κ2) is 6.16. The molecule has 1 aromatic rings.